The van der Waals surface area contributed by atoms with Gasteiger partial charge < -0.3 is 10.3 Å². The average molecular weight is 234 g/mol. The van der Waals surface area contributed by atoms with Gasteiger partial charge in [-0.15, -0.1) is 0 Å². The summed E-state index contributed by atoms with van der Waals surface area (Å²) < 4.78 is 0. The Morgan fingerprint density at radius 1 is 1.38 bits per heavy atom. The van der Waals surface area contributed by atoms with Gasteiger partial charge in [-0.1, -0.05) is 17.7 Å². The second-order valence-corrected chi connectivity index (χ2v) is 4.31. The van der Waals surface area contributed by atoms with E-state index in [0.29, 0.717) is 0 Å². The molecule has 0 saturated carbocycles. The molecule has 82 valence electrons. The minimum absolute atomic E-state index is 0.765. The fraction of sp³-hybridized carbons (Fsp3) is 0.250. The van der Waals surface area contributed by atoms with Crippen molar-refractivity contribution in [3.05, 3.63) is 35.1 Å². The van der Waals surface area contributed by atoms with E-state index in [1.165, 1.54) is 11.1 Å². The molecule has 0 bridgehead atoms. The summed E-state index contributed by atoms with van der Waals surface area (Å²) in [7, 11) is 0. The Balaban J connectivity index is 2.20. The summed E-state index contributed by atoms with van der Waals surface area (Å²) in [5, 5.41) is 5.11. The molecule has 4 heteroatoms. The van der Waals surface area contributed by atoms with Gasteiger partial charge in [0.1, 0.15) is 5.65 Å². The van der Waals surface area contributed by atoms with Gasteiger partial charge in [-0.2, -0.15) is 0 Å². The van der Waals surface area contributed by atoms with Crippen molar-refractivity contribution in [2.24, 2.45) is 0 Å². The van der Waals surface area contributed by atoms with Crippen LogP contribution in [0.5, 0.6) is 0 Å². The standard InChI is InChI=1S/C12H12ClN3/c13-10-3-6-15-12-11(10)9(7-16-12)8-1-4-14-5-2-8/h1,3,6-7,14H,2,4-5H2,(H,15,16). The third kappa shape index (κ3) is 1.52. The van der Waals surface area contributed by atoms with E-state index in [1.807, 2.05) is 12.3 Å². The molecule has 0 aromatic carbocycles. The SMILES string of the molecule is Clc1ccnc2[nH]cc(C3=CCNCC3)c12. The second kappa shape index (κ2) is 3.92. The molecule has 2 aromatic heterocycles. The molecular weight excluding hydrogens is 222 g/mol. The van der Waals surface area contributed by atoms with Gasteiger partial charge in [-0.25, -0.2) is 4.98 Å². The van der Waals surface area contributed by atoms with Gasteiger partial charge in [0.15, 0.2) is 0 Å². The van der Waals surface area contributed by atoms with E-state index >= 15 is 0 Å². The number of aromatic nitrogens is 2. The van der Waals surface area contributed by atoms with Crippen molar-refractivity contribution in [1.29, 1.82) is 0 Å². The number of hydrogen-bond donors (Lipinski definition) is 2. The van der Waals surface area contributed by atoms with Crippen LogP contribution in [0.4, 0.5) is 0 Å². The molecular formula is C12H12ClN3. The number of rotatable bonds is 1. The molecule has 0 atom stereocenters. The maximum Gasteiger partial charge on any atom is 0.139 e. The highest BCUT2D eigenvalue weighted by molar-refractivity contribution is 6.35. The molecule has 1 aliphatic rings. The van der Waals surface area contributed by atoms with Crippen molar-refractivity contribution in [2.45, 2.75) is 6.42 Å². The Morgan fingerprint density at radius 2 is 2.31 bits per heavy atom. The molecule has 1 aliphatic heterocycles. The first kappa shape index (κ1) is 9.87. The Labute approximate surface area is 98.5 Å². The Morgan fingerprint density at radius 3 is 3.12 bits per heavy atom. The molecule has 3 nitrogen and oxygen atoms in total. The summed E-state index contributed by atoms with van der Waals surface area (Å²) >= 11 is 6.22. The fourth-order valence-corrected chi connectivity index (χ4v) is 2.38. The van der Waals surface area contributed by atoms with Gasteiger partial charge in [0.05, 0.1) is 5.02 Å². The van der Waals surface area contributed by atoms with E-state index in [2.05, 4.69) is 21.4 Å². The molecule has 0 aliphatic carbocycles. The van der Waals surface area contributed by atoms with Crippen LogP contribution < -0.4 is 5.32 Å². The van der Waals surface area contributed by atoms with Crippen molar-refractivity contribution < 1.29 is 0 Å². The number of aromatic amines is 1. The van der Waals surface area contributed by atoms with E-state index in [-0.39, 0.29) is 0 Å². The van der Waals surface area contributed by atoms with Crippen molar-refractivity contribution in [2.75, 3.05) is 13.1 Å². The van der Waals surface area contributed by atoms with Crippen LogP contribution in [0.15, 0.2) is 24.5 Å². The molecule has 2 N–H and O–H groups in total. The Bertz CT molecular complexity index is 556. The molecule has 2 aromatic rings. The van der Waals surface area contributed by atoms with E-state index in [1.54, 1.807) is 6.20 Å². The molecule has 16 heavy (non-hydrogen) atoms. The number of fused-ring (bicyclic) bond motifs is 1. The molecule has 0 amide bonds. The zero-order valence-corrected chi connectivity index (χ0v) is 9.51. The van der Waals surface area contributed by atoms with Crippen LogP contribution in [0.3, 0.4) is 0 Å². The molecule has 3 rings (SSSR count). The van der Waals surface area contributed by atoms with E-state index in [9.17, 15) is 0 Å². The Kier molecular flexibility index (Phi) is 2.42. The number of pyridine rings is 1. The number of nitrogens with zero attached hydrogens (tertiary/aromatic N) is 1. The quantitative estimate of drug-likeness (QED) is 0.795. The van der Waals surface area contributed by atoms with Crippen LogP contribution in [0.25, 0.3) is 16.6 Å². The van der Waals surface area contributed by atoms with Gasteiger partial charge >= 0.3 is 0 Å². The normalized spacial score (nSPS) is 16.4. The molecule has 0 radical (unpaired) electrons. The summed E-state index contributed by atoms with van der Waals surface area (Å²) in [6, 6.07) is 1.84. The predicted octanol–water partition coefficient (Wildman–Crippen LogP) is 2.59. The lowest BCUT2D eigenvalue weighted by Gasteiger charge is -2.13. The highest BCUT2D eigenvalue weighted by atomic mass is 35.5. The summed E-state index contributed by atoms with van der Waals surface area (Å²) in [4.78, 5) is 7.44. The zero-order valence-electron chi connectivity index (χ0n) is 8.76. The predicted molar refractivity (Wildman–Crippen MR) is 66.6 cm³/mol. The fourth-order valence-electron chi connectivity index (χ4n) is 2.14. The van der Waals surface area contributed by atoms with Crippen LogP contribution in [0.1, 0.15) is 12.0 Å². The van der Waals surface area contributed by atoms with Crippen molar-refractivity contribution >= 4 is 28.2 Å². The van der Waals surface area contributed by atoms with Gasteiger partial charge in [0, 0.05) is 29.9 Å². The van der Waals surface area contributed by atoms with Gasteiger partial charge in [0.2, 0.25) is 0 Å². The topological polar surface area (TPSA) is 40.7 Å². The smallest absolute Gasteiger partial charge is 0.139 e. The summed E-state index contributed by atoms with van der Waals surface area (Å²) in [6.45, 7) is 1.95. The highest BCUT2D eigenvalue weighted by Crippen LogP contribution is 2.31. The van der Waals surface area contributed by atoms with Crippen LogP contribution in [-0.2, 0) is 0 Å². The lowest BCUT2D eigenvalue weighted by Crippen LogP contribution is -2.19. The largest absolute Gasteiger partial charge is 0.345 e. The first-order chi connectivity index (χ1) is 7.86. The number of halogens is 1. The van der Waals surface area contributed by atoms with E-state index < -0.39 is 0 Å². The summed E-state index contributed by atoms with van der Waals surface area (Å²) in [6.07, 6.45) is 6.98. The van der Waals surface area contributed by atoms with E-state index in [4.69, 9.17) is 11.6 Å². The van der Waals surface area contributed by atoms with Crippen LogP contribution >= 0.6 is 11.6 Å². The van der Waals surface area contributed by atoms with Gasteiger partial charge in [-0.05, 0) is 24.6 Å². The second-order valence-electron chi connectivity index (χ2n) is 3.90. The van der Waals surface area contributed by atoms with Crippen LogP contribution in [0, 0.1) is 0 Å². The lowest BCUT2D eigenvalue weighted by molar-refractivity contribution is 0.739. The molecule has 0 fully saturated rings. The van der Waals surface area contributed by atoms with Gasteiger partial charge in [-0.3, -0.25) is 0 Å². The van der Waals surface area contributed by atoms with Crippen LogP contribution in [-0.4, -0.2) is 23.1 Å². The summed E-state index contributed by atoms with van der Waals surface area (Å²) in [5.41, 5.74) is 3.40. The lowest BCUT2D eigenvalue weighted by atomic mass is 10.0. The van der Waals surface area contributed by atoms with Crippen molar-refractivity contribution in [3.63, 3.8) is 0 Å². The number of H-pyrrole nitrogens is 1. The van der Waals surface area contributed by atoms with Crippen LogP contribution in [0.2, 0.25) is 5.02 Å². The van der Waals surface area contributed by atoms with Crippen molar-refractivity contribution in [3.8, 4) is 0 Å². The third-order valence-electron chi connectivity index (χ3n) is 2.93. The first-order valence-electron chi connectivity index (χ1n) is 5.38. The molecule has 0 spiro atoms. The molecule has 0 unspecified atom stereocenters. The maximum atomic E-state index is 6.22. The number of hydrogen-bond acceptors (Lipinski definition) is 2. The maximum absolute atomic E-state index is 6.22. The molecule has 0 saturated heterocycles. The third-order valence-corrected chi connectivity index (χ3v) is 3.25. The monoisotopic (exact) mass is 233 g/mol. The Hall–Kier alpha value is -1.32. The summed E-state index contributed by atoms with van der Waals surface area (Å²) in [5.74, 6) is 0. The van der Waals surface area contributed by atoms with Gasteiger partial charge in [0.25, 0.3) is 0 Å². The number of nitrogens with one attached hydrogen (secondary N) is 2. The highest BCUT2D eigenvalue weighted by Gasteiger charge is 2.13. The van der Waals surface area contributed by atoms with E-state index in [0.717, 1.165) is 35.6 Å². The average Bonchev–Trinajstić information content (AvgIpc) is 2.75. The minimum atomic E-state index is 0.765. The zero-order chi connectivity index (χ0) is 11.0. The first-order valence-corrected chi connectivity index (χ1v) is 5.76. The minimum Gasteiger partial charge on any atom is -0.345 e. The molecule has 3 heterocycles. The van der Waals surface area contributed by atoms with Crippen molar-refractivity contribution in [1.82, 2.24) is 15.3 Å².